The fourth-order valence-electron chi connectivity index (χ4n) is 1.68. The van der Waals surface area contributed by atoms with Crippen molar-refractivity contribution in [2.75, 3.05) is 41.5 Å². The molecule has 0 aliphatic heterocycles. The van der Waals surface area contributed by atoms with Crippen LogP contribution in [-0.2, 0) is 0 Å². The number of benzene rings is 1. The predicted molar refractivity (Wildman–Crippen MR) is 70.1 cm³/mol. The fraction of sp³-hybridized carbons (Fsp3) is 0.462. The summed E-state index contributed by atoms with van der Waals surface area (Å²) in [5.74, 6) is 1.05. The molecule has 1 aromatic rings. The summed E-state index contributed by atoms with van der Waals surface area (Å²) in [7, 11) is 6.09. The van der Waals surface area contributed by atoms with E-state index in [1.807, 2.05) is 0 Å². The summed E-state index contributed by atoms with van der Waals surface area (Å²) in [4.78, 5) is 13.6. The van der Waals surface area contributed by atoms with Gasteiger partial charge in [-0.25, -0.2) is 0 Å². The number of hydrogen-bond acceptors (Lipinski definition) is 5. The zero-order chi connectivity index (χ0) is 14.4. The molecule has 0 atom stereocenters. The number of ether oxygens (including phenoxy) is 3. The van der Waals surface area contributed by atoms with E-state index in [-0.39, 0.29) is 19.1 Å². The molecule has 0 unspecified atom stereocenters. The average molecular weight is 269 g/mol. The summed E-state index contributed by atoms with van der Waals surface area (Å²) in [5.41, 5.74) is 0.408. The summed E-state index contributed by atoms with van der Waals surface area (Å²) in [6.07, 6.45) is 0. The summed E-state index contributed by atoms with van der Waals surface area (Å²) in [5, 5.41) is 8.85. The zero-order valence-electron chi connectivity index (χ0n) is 11.6. The molecule has 1 aromatic carbocycles. The molecule has 0 radical (unpaired) electrons. The minimum Gasteiger partial charge on any atom is -0.493 e. The van der Waals surface area contributed by atoms with Crippen LogP contribution in [0.25, 0.3) is 0 Å². The second-order valence-electron chi connectivity index (χ2n) is 3.86. The highest BCUT2D eigenvalue weighted by Gasteiger charge is 2.18. The van der Waals surface area contributed by atoms with Gasteiger partial charge in [0.15, 0.2) is 11.5 Å². The smallest absolute Gasteiger partial charge is 0.253 e. The quantitative estimate of drug-likeness (QED) is 0.826. The molecule has 0 fully saturated rings. The summed E-state index contributed by atoms with van der Waals surface area (Å²) in [6, 6.07) is 3.16. The minimum absolute atomic E-state index is 0.0906. The van der Waals surface area contributed by atoms with Gasteiger partial charge in [-0.05, 0) is 12.1 Å². The van der Waals surface area contributed by atoms with E-state index in [0.717, 1.165) is 0 Å². The Morgan fingerprint density at radius 3 is 2.05 bits per heavy atom. The Hall–Kier alpha value is -1.95. The fourth-order valence-corrected chi connectivity index (χ4v) is 1.68. The van der Waals surface area contributed by atoms with Gasteiger partial charge in [0.1, 0.15) is 0 Å². The molecule has 6 nitrogen and oxygen atoms in total. The maximum Gasteiger partial charge on any atom is 0.253 e. The minimum atomic E-state index is -0.228. The Morgan fingerprint density at radius 1 is 1.16 bits per heavy atom. The highest BCUT2D eigenvalue weighted by atomic mass is 16.5. The normalized spacial score (nSPS) is 9.95. The van der Waals surface area contributed by atoms with Gasteiger partial charge >= 0.3 is 0 Å². The molecule has 0 heterocycles. The number of carbonyl (C=O) groups excluding carboxylic acids is 1. The average Bonchev–Trinajstić information content (AvgIpc) is 2.44. The van der Waals surface area contributed by atoms with E-state index in [2.05, 4.69) is 0 Å². The SMILES string of the molecule is COc1cc(C(=O)N(C)CCO)cc(OC)c1OC. The molecule has 0 aliphatic carbocycles. The monoisotopic (exact) mass is 269 g/mol. The Morgan fingerprint density at radius 2 is 1.68 bits per heavy atom. The van der Waals surface area contributed by atoms with Gasteiger partial charge in [0.2, 0.25) is 5.75 Å². The number of likely N-dealkylation sites (N-methyl/N-ethyl adjacent to an activating group) is 1. The third-order valence-corrected chi connectivity index (χ3v) is 2.69. The molecule has 0 bridgehead atoms. The van der Waals surface area contributed by atoms with Crippen LogP contribution in [0.3, 0.4) is 0 Å². The van der Waals surface area contributed by atoms with E-state index in [9.17, 15) is 4.79 Å². The van der Waals surface area contributed by atoms with Crippen molar-refractivity contribution in [3.8, 4) is 17.2 Å². The third kappa shape index (κ3) is 3.29. The van der Waals surface area contributed by atoms with Crippen LogP contribution in [0.15, 0.2) is 12.1 Å². The van der Waals surface area contributed by atoms with Crippen LogP contribution in [0.1, 0.15) is 10.4 Å². The van der Waals surface area contributed by atoms with Crippen molar-refractivity contribution in [1.29, 1.82) is 0 Å². The Kier molecular flexibility index (Phi) is 5.44. The summed E-state index contributed by atoms with van der Waals surface area (Å²) in [6.45, 7) is 0.169. The van der Waals surface area contributed by atoms with E-state index < -0.39 is 0 Å². The molecule has 0 saturated carbocycles. The molecule has 19 heavy (non-hydrogen) atoms. The standard InChI is InChI=1S/C13H19NO5/c1-14(5-6-15)13(16)9-7-10(17-2)12(19-4)11(8-9)18-3/h7-8,15H,5-6H2,1-4H3. The van der Waals surface area contributed by atoms with E-state index in [1.54, 1.807) is 19.2 Å². The summed E-state index contributed by atoms with van der Waals surface area (Å²) >= 11 is 0. The topological polar surface area (TPSA) is 68.2 Å². The Bertz CT molecular complexity index is 422. The van der Waals surface area contributed by atoms with Crippen LogP contribution in [0.5, 0.6) is 17.2 Å². The van der Waals surface area contributed by atoms with Crippen LogP contribution in [0, 0.1) is 0 Å². The Labute approximate surface area is 112 Å². The van der Waals surface area contributed by atoms with Gasteiger partial charge < -0.3 is 24.2 Å². The first kappa shape index (κ1) is 15.1. The van der Waals surface area contributed by atoms with Crippen molar-refractivity contribution in [2.45, 2.75) is 0 Å². The number of methoxy groups -OCH3 is 3. The Balaban J connectivity index is 3.19. The molecule has 106 valence electrons. The van der Waals surface area contributed by atoms with Gasteiger partial charge in [-0.15, -0.1) is 0 Å². The molecule has 6 heteroatoms. The van der Waals surface area contributed by atoms with Crippen molar-refractivity contribution in [3.63, 3.8) is 0 Å². The van der Waals surface area contributed by atoms with Crippen LogP contribution < -0.4 is 14.2 Å². The van der Waals surface area contributed by atoms with Crippen molar-refractivity contribution >= 4 is 5.91 Å². The van der Waals surface area contributed by atoms with Crippen LogP contribution in [-0.4, -0.2) is 57.4 Å². The zero-order valence-corrected chi connectivity index (χ0v) is 11.6. The number of nitrogens with zero attached hydrogens (tertiary/aromatic N) is 1. The lowest BCUT2D eigenvalue weighted by Crippen LogP contribution is -2.29. The molecule has 1 N–H and O–H groups in total. The number of aliphatic hydroxyl groups excluding tert-OH is 1. The molecule has 0 aromatic heterocycles. The highest BCUT2D eigenvalue weighted by molar-refractivity contribution is 5.95. The lowest BCUT2D eigenvalue weighted by atomic mass is 10.1. The first-order valence-electron chi connectivity index (χ1n) is 5.75. The molecule has 0 aliphatic rings. The van der Waals surface area contributed by atoms with Gasteiger partial charge in [-0.2, -0.15) is 0 Å². The van der Waals surface area contributed by atoms with Gasteiger partial charge in [0, 0.05) is 19.2 Å². The third-order valence-electron chi connectivity index (χ3n) is 2.69. The van der Waals surface area contributed by atoms with Crippen molar-refractivity contribution in [2.24, 2.45) is 0 Å². The van der Waals surface area contributed by atoms with Gasteiger partial charge in [-0.3, -0.25) is 4.79 Å². The lowest BCUT2D eigenvalue weighted by molar-refractivity contribution is 0.0766. The van der Waals surface area contributed by atoms with Gasteiger partial charge in [0.05, 0.1) is 27.9 Å². The molecule has 1 rings (SSSR count). The number of carbonyl (C=O) groups is 1. The molecular formula is C13H19NO5. The van der Waals surface area contributed by atoms with Crippen molar-refractivity contribution in [3.05, 3.63) is 17.7 Å². The highest BCUT2D eigenvalue weighted by Crippen LogP contribution is 2.38. The lowest BCUT2D eigenvalue weighted by Gasteiger charge is -2.18. The second kappa shape index (κ2) is 6.84. The molecule has 0 saturated heterocycles. The number of amides is 1. The maximum absolute atomic E-state index is 12.1. The van der Waals surface area contributed by atoms with E-state index in [4.69, 9.17) is 19.3 Å². The van der Waals surface area contributed by atoms with Crippen molar-refractivity contribution < 1.29 is 24.1 Å². The van der Waals surface area contributed by atoms with E-state index in [1.165, 1.54) is 26.2 Å². The van der Waals surface area contributed by atoms with Crippen LogP contribution >= 0.6 is 0 Å². The second-order valence-corrected chi connectivity index (χ2v) is 3.86. The van der Waals surface area contributed by atoms with Crippen LogP contribution in [0.4, 0.5) is 0 Å². The largest absolute Gasteiger partial charge is 0.493 e. The van der Waals surface area contributed by atoms with Crippen molar-refractivity contribution in [1.82, 2.24) is 4.90 Å². The number of hydrogen-bond donors (Lipinski definition) is 1. The van der Waals surface area contributed by atoms with Crippen LogP contribution in [0.2, 0.25) is 0 Å². The number of aliphatic hydroxyl groups is 1. The summed E-state index contributed by atoms with van der Waals surface area (Å²) < 4.78 is 15.6. The molecule has 1 amide bonds. The van der Waals surface area contributed by atoms with E-state index >= 15 is 0 Å². The van der Waals surface area contributed by atoms with E-state index in [0.29, 0.717) is 22.8 Å². The van der Waals surface area contributed by atoms with Gasteiger partial charge in [0.25, 0.3) is 5.91 Å². The first-order chi connectivity index (χ1) is 9.08. The van der Waals surface area contributed by atoms with Gasteiger partial charge in [-0.1, -0.05) is 0 Å². The first-order valence-corrected chi connectivity index (χ1v) is 5.75. The molecular weight excluding hydrogens is 250 g/mol. The maximum atomic E-state index is 12.1. The predicted octanol–water partition coefficient (Wildman–Crippen LogP) is 0.777. The number of rotatable bonds is 6. The molecule has 0 spiro atoms.